The van der Waals surface area contributed by atoms with Crippen molar-refractivity contribution in [3.63, 3.8) is 0 Å². The third-order valence-electron chi connectivity index (χ3n) is 3.79. The molecule has 0 bridgehead atoms. The molecule has 1 aromatic rings. The molecule has 1 amide bonds. The van der Waals surface area contributed by atoms with Crippen LogP contribution in [0.15, 0.2) is 12.4 Å². The minimum absolute atomic E-state index is 0.181. The van der Waals surface area contributed by atoms with Crippen LogP contribution in [0.3, 0.4) is 0 Å². The van der Waals surface area contributed by atoms with Gasteiger partial charge in [-0.3, -0.25) is 9.59 Å². The van der Waals surface area contributed by atoms with Crippen molar-refractivity contribution in [2.75, 3.05) is 0 Å². The summed E-state index contributed by atoms with van der Waals surface area (Å²) in [6, 6.07) is 0. The van der Waals surface area contributed by atoms with Crippen LogP contribution in [0.25, 0.3) is 0 Å². The number of aryl methyl sites for hydroxylation is 1. The van der Waals surface area contributed by atoms with Gasteiger partial charge >= 0.3 is 5.97 Å². The zero-order chi connectivity index (χ0) is 14.0. The number of carbonyl (C=O) groups is 2. The van der Waals surface area contributed by atoms with Crippen LogP contribution in [0.1, 0.15) is 25.6 Å². The van der Waals surface area contributed by atoms with Crippen LogP contribution >= 0.6 is 0 Å². The first kappa shape index (κ1) is 13.6. The van der Waals surface area contributed by atoms with E-state index in [1.54, 1.807) is 12.4 Å². The molecule has 1 fully saturated rings. The molecule has 104 valence electrons. The Hall–Kier alpha value is -1.85. The first-order valence-corrected chi connectivity index (χ1v) is 6.45. The predicted octanol–water partition coefficient (Wildman–Crippen LogP) is 0.783. The van der Waals surface area contributed by atoms with Crippen LogP contribution in [0.5, 0.6) is 0 Å². The minimum Gasteiger partial charge on any atom is -0.481 e. The van der Waals surface area contributed by atoms with E-state index in [1.807, 2.05) is 18.5 Å². The van der Waals surface area contributed by atoms with Crippen LogP contribution in [0.4, 0.5) is 0 Å². The zero-order valence-corrected chi connectivity index (χ0v) is 11.2. The van der Waals surface area contributed by atoms with E-state index >= 15 is 0 Å². The molecule has 2 rings (SSSR count). The molecule has 0 aromatic carbocycles. The Labute approximate surface area is 111 Å². The van der Waals surface area contributed by atoms with Crippen molar-refractivity contribution in [3.8, 4) is 0 Å². The molecule has 0 aliphatic heterocycles. The third-order valence-corrected chi connectivity index (χ3v) is 3.79. The van der Waals surface area contributed by atoms with Gasteiger partial charge in [0, 0.05) is 19.4 Å². The van der Waals surface area contributed by atoms with E-state index in [2.05, 4.69) is 10.3 Å². The first-order chi connectivity index (χ1) is 8.99. The molecule has 3 unspecified atom stereocenters. The van der Waals surface area contributed by atoms with Gasteiger partial charge in [-0.1, -0.05) is 6.92 Å². The van der Waals surface area contributed by atoms with Crippen molar-refractivity contribution >= 4 is 11.9 Å². The highest BCUT2D eigenvalue weighted by atomic mass is 16.4. The minimum atomic E-state index is -0.874. The fraction of sp³-hybridized carbons (Fsp3) is 0.615. The van der Waals surface area contributed by atoms with Gasteiger partial charge in [0.2, 0.25) is 5.91 Å². The van der Waals surface area contributed by atoms with Crippen molar-refractivity contribution < 1.29 is 14.7 Å². The van der Waals surface area contributed by atoms with Crippen molar-refractivity contribution in [2.45, 2.75) is 26.3 Å². The molecule has 1 aromatic heterocycles. The van der Waals surface area contributed by atoms with Crippen molar-refractivity contribution in [2.24, 2.45) is 24.8 Å². The molecule has 6 heteroatoms. The van der Waals surface area contributed by atoms with E-state index in [9.17, 15) is 9.59 Å². The lowest BCUT2D eigenvalue weighted by molar-refractivity contribution is -0.146. The summed E-state index contributed by atoms with van der Waals surface area (Å²) >= 11 is 0. The van der Waals surface area contributed by atoms with Gasteiger partial charge in [0.1, 0.15) is 5.82 Å². The van der Waals surface area contributed by atoms with Crippen LogP contribution in [0, 0.1) is 17.8 Å². The van der Waals surface area contributed by atoms with Gasteiger partial charge in [-0.25, -0.2) is 4.98 Å². The number of hydrogen-bond acceptors (Lipinski definition) is 3. The molecular formula is C13H19N3O3. The highest BCUT2D eigenvalue weighted by molar-refractivity contribution is 5.85. The molecule has 0 radical (unpaired) electrons. The molecule has 1 aliphatic carbocycles. The second-order valence-electron chi connectivity index (χ2n) is 5.30. The number of carboxylic acids is 1. The van der Waals surface area contributed by atoms with Crippen LogP contribution in [-0.2, 0) is 23.2 Å². The first-order valence-electron chi connectivity index (χ1n) is 6.45. The maximum Gasteiger partial charge on any atom is 0.307 e. The summed E-state index contributed by atoms with van der Waals surface area (Å²) < 4.78 is 1.83. The highest BCUT2D eigenvalue weighted by Gasteiger charge is 2.41. The summed E-state index contributed by atoms with van der Waals surface area (Å²) in [7, 11) is 1.85. The number of aliphatic carboxylic acids is 1. The molecule has 19 heavy (non-hydrogen) atoms. The fourth-order valence-electron chi connectivity index (χ4n) is 2.72. The van der Waals surface area contributed by atoms with E-state index < -0.39 is 17.8 Å². The fourth-order valence-corrected chi connectivity index (χ4v) is 2.72. The summed E-state index contributed by atoms with van der Waals surface area (Å²) in [5.41, 5.74) is 0. The quantitative estimate of drug-likeness (QED) is 0.842. The predicted molar refractivity (Wildman–Crippen MR) is 68.1 cm³/mol. The molecule has 0 saturated heterocycles. The monoisotopic (exact) mass is 265 g/mol. The molecule has 1 saturated carbocycles. The number of rotatable bonds is 4. The van der Waals surface area contributed by atoms with Crippen LogP contribution in [0.2, 0.25) is 0 Å². The summed E-state index contributed by atoms with van der Waals surface area (Å²) in [6.45, 7) is 2.32. The molecular weight excluding hydrogens is 246 g/mol. The number of hydrogen-bond donors (Lipinski definition) is 2. The second kappa shape index (κ2) is 5.42. The number of carboxylic acid groups (broad SMARTS) is 1. The van der Waals surface area contributed by atoms with Gasteiger partial charge < -0.3 is 15.0 Å². The average Bonchev–Trinajstić information content (AvgIpc) is 2.92. The molecule has 6 nitrogen and oxygen atoms in total. The van der Waals surface area contributed by atoms with Crippen LogP contribution in [-0.4, -0.2) is 26.5 Å². The number of nitrogens with one attached hydrogen (secondary N) is 1. The maximum absolute atomic E-state index is 12.1. The van der Waals surface area contributed by atoms with E-state index in [0.717, 1.165) is 5.82 Å². The smallest absolute Gasteiger partial charge is 0.307 e. The molecule has 3 atom stereocenters. The lowest BCUT2D eigenvalue weighted by atomic mass is 9.95. The number of amides is 1. The van der Waals surface area contributed by atoms with Crippen molar-refractivity contribution in [1.82, 2.24) is 14.9 Å². The average molecular weight is 265 g/mol. The van der Waals surface area contributed by atoms with E-state index in [4.69, 9.17) is 5.11 Å². The highest BCUT2D eigenvalue weighted by Crippen LogP contribution is 2.36. The van der Waals surface area contributed by atoms with Crippen molar-refractivity contribution in [1.29, 1.82) is 0 Å². The Kier molecular flexibility index (Phi) is 3.87. The Morgan fingerprint density at radius 2 is 2.16 bits per heavy atom. The summed E-state index contributed by atoms with van der Waals surface area (Å²) in [6.07, 6.45) is 4.69. The van der Waals surface area contributed by atoms with Gasteiger partial charge in [-0.05, 0) is 18.8 Å². The Bertz CT molecular complexity index is 483. The van der Waals surface area contributed by atoms with E-state index in [0.29, 0.717) is 19.4 Å². The number of aromatic nitrogens is 2. The van der Waals surface area contributed by atoms with Gasteiger partial charge in [0.15, 0.2) is 0 Å². The van der Waals surface area contributed by atoms with E-state index in [-0.39, 0.29) is 11.8 Å². The zero-order valence-electron chi connectivity index (χ0n) is 11.2. The molecule has 0 spiro atoms. The summed E-state index contributed by atoms with van der Waals surface area (Å²) in [4.78, 5) is 27.4. The molecule has 1 heterocycles. The van der Waals surface area contributed by atoms with Gasteiger partial charge in [-0.15, -0.1) is 0 Å². The SMILES string of the molecule is CC1CC(C(=O)O)C(C(=O)NCc2nccn2C)C1. The maximum atomic E-state index is 12.1. The third kappa shape index (κ3) is 2.94. The largest absolute Gasteiger partial charge is 0.481 e. The topological polar surface area (TPSA) is 84.2 Å². The summed E-state index contributed by atoms with van der Waals surface area (Å²) in [5, 5.41) is 11.9. The number of carbonyl (C=O) groups excluding carboxylic acids is 1. The van der Waals surface area contributed by atoms with Gasteiger partial charge in [-0.2, -0.15) is 0 Å². The van der Waals surface area contributed by atoms with Gasteiger partial charge in [0.05, 0.1) is 18.4 Å². The lowest BCUT2D eigenvalue weighted by Gasteiger charge is -2.15. The van der Waals surface area contributed by atoms with Crippen LogP contribution < -0.4 is 5.32 Å². The van der Waals surface area contributed by atoms with E-state index in [1.165, 1.54) is 0 Å². The molecule has 2 N–H and O–H groups in total. The number of imidazole rings is 1. The second-order valence-corrected chi connectivity index (χ2v) is 5.30. The number of nitrogens with zero attached hydrogens (tertiary/aromatic N) is 2. The summed E-state index contributed by atoms with van der Waals surface area (Å²) in [5.74, 6) is -0.998. The Balaban J connectivity index is 1.96. The van der Waals surface area contributed by atoms with Crippen molar-refractivity contribution in [3.05, 3.63) is 18.2 Å². The molecule has 1 aliphatic rings. The Morgan fingerprint density at radius 1 is 1.47 bits per heavy atom. The lowest BCUT2D eigenvalue weighted by Crippen LogP contribution is -2.35. The normalized spacial score (nSPS) is 26.3. The Morgan fingerprint density at radius 3 is 2.74 bits per heavy atom. The van der Waals surface area contributed by atoms with Gasteiger partial charge in [0.25, 0.3) is 0 Å². The standard InChI is InChI=1S/C13H19N3O3/c1-8-5-9(10(6-8)13(18)19)12(17)15-7-11-14-3-4-16(11)2/h3-4,8-10H,5-7H2,1-2H3,(H,15,17)(H,18,19).